The van der Waals surface area contributed by atoms with Gasteiger partial charge in [-0.2, -0.15) is 0 Å². The molecule has 1 aromatic rings. The molecule has 6 heteroatoms. The van der Waals surface area contributed by atoms with Crippen LogP contribution in [0.1, 0.15) is 15.9 Å². The number of nitro groups is 1. The predicted octanol–water partition coefficient (Wildman–Crippen LogP) is 2.63. The summed E-state index contributed by atoms with van der Waals surface area (Å²) in [5.41, 5.74) is 0.375. The summed E-state index contributed by atoms with van der Waals surface area (Å²) in [6, 6.07) is 4.12. The molecule has 0 fully saturated rings. The van der Waals surface area contributed by atoms with Crippen LogP contribution < -0.4 is 0 Å². The summed E-state index contributed by atoms with van der Waals surface area (Å²) in [7, 11) is 1.22. The molecule has 0 aliphatic carbocycles. The van der Waals surface area contributed by atoms with Gasteiger partial charge in [0.25, 0.3) is 5.69 Å². The van der Waals surface area contributed by atoms with Gasteiger partial charge in [0.2, 0.25) is 0 Å². The van der Waals surface area contributed by atoms with Crippen LogP contribution in [-0.2, 0) is 4.74 Å². The number of nitro benzene ring substituents is 1. The van der Waals surface area contributed by atoms with Gasteiger partial charge in [-0.15, -0.1) is 11.6 Å². The van der Waals surface area contributed by atoms with E-state index in [1.54, 1.807) is 6.08 Å². The summed E-state index contributed by atoms with van der Waals surface area (Å²) in [6.07, 6.45) is 3.12. The minimum Gasteiger partial charge on any atom is -0.465 e. The lowest BCUT2D eigenvalue weighted by Gasteiger charge is -2.01. The number of hydrogen-bond donors (Lipinski definition) is 0. The molecule has 0 bridgehead atoms. The van der Waals surface area contributed by atoms with Crippen molar-refractivity contribution in [1.29, 1.82) is 0 Å². The van der Waals surface area contributed by atoms with Crippen LogP contribution in [0.5, 0.6) is 0 Å². The molecule has 0 heterocycles. The van der Waals surface area contributed by atoms with Crippen LogP contribution in [0.2, 0.25) is 0 Å². The molecule has 0 saturated carbocycles. The monoisotopic (exact) mass is 255 g/mol. The molecule has 0 spiro atoms. The van der Waals surface area contributed by atoms with Crippen molar-refractivity contribution in [2.45, 2.75) is 0 Å². The van der Waals surface area contributed by atoms with E-state index in [0.29, 0.717) is 5.56 Å². The van der Waals surface area contributed by atoms with Gasteiger partial charge in [0.15, 0.2) is 0 Å². The van der Waals surface area contributed by atoms with Crippen molar-refractivity contribution in [2.24, 2.45) is 0 Å². The second-order valence-corrected chi connectivity index (χ2v) is 3.39. The maximum Gasteiger partial charge on any atom is 0.338 e. The number of nitrogens with zero attached hydrogens (tertiary/aromatic N) is 1. The molecule has 5 nitrogen and oxygen atoms in total. The first kappa shape index (κ1) is 13.2. The third-order valence-corrected chi connectivity index (χ3v) is 2.21. The normalized spacial score (nSPS) is 10.5. The van der Waals surface area contributed by atoms with E-state index in [-0.39, 0.29) is 17.1 Å². The van der Waals surface area contributed by atoms with E-state index in [0.717, 1.165) is 0 Å². The van der Waals surface area contributed by atoms with Crippen LogP contribution in [-0.4, -0.2) is 23.9 Å². The predicted molar refractivity (Wildman–Crippen MR) is 64.2 cm³/mol. The molecule has 0 N–H and O–H groups in total. The van der Waals surface area contributed by atoms with E-state index in [1.807, 2.05) is 0 Å². The lowest BCUT2D eigenvalue weighted by atomic mass is 10.1. The van der Waals surface area contributed by atoms with Crippen LogP contribution >= 0.6 is 11.6 Å². The zero-order valence-electron chi connectivity index (χ0n) is 9.05. The maximum absolute atomic E-state index is 11.2. The quantitative estimate of drug-likeness (QED) is 0.359. The van der Waals surface area contributed by atoms with Gasteiger partial charge in [0.05, 0.1) is 23.2 Å². The molecule has 0 aliphatic rings. The average molecular weight is 256 g/mol. The number of benzene rings is 1. The Morgan fingerprint density at radius 3 is 2.82 bits per heavy atom. The maximum atomic E-state index is 11.2. The van der Waals surface area contributed by atoms with Crippen molar-refractivity contribution >= 4 is 29.3 Å². The van der Waals surface area contributed by atoms with Gasteiger partial charge in [0.1, 0.15) is 0 Å². The van der Waals surface area contributed by atoms with Crippen LogP contribution in [0.3, 0.4) is 0 Å². The topological polar surface area (TPSA) is 69.4 Å². The van der Waals surface area contributed by atoms with E-state index >= 15 is 0 Å². The van der Waals surface area contributed by atoms with Crippen molar-refractivity contribution in [3.05, 3.63) is 45.5 Å². The summed E-state index contributed by atoms with van der Waals surface area (Å²) in [5.74, 6) is -0.350. The number of esters is 1. The van der Waals surface area contributed by atoms with E-state index in [4.69, 9.17) is 11.6 Å². The molecular weight excluding hydrogens is 246 g/mol. The number of halogens is 1. The van der Waals surface area contributed by atoms with Crippen LogP contribution in [0.4, 0.5) is 5.69 Å². The molecular formula is C11H10ClNO4. The van der Waals surface area contributed by atoms with Crippen molar-refractivity contribution in [2.75, 3.05) is 13.0 Å². The first-order valence-corrected chi connectivity index (χ1v) is 5.23. The summed E-state index contributed by atoms with van der Waals surface area (Å²) < 4.78 is 4.49. The minimum atomic E-state index is -0.610. The Bertz CT molecular complexity index is 471. The minimum absolute atomic E-state index is 0.141. The molecule has 1 aromatic carbocycles. The summed E-state index contributed by atoms with van der Waals surface area (Å²) in [4.78, 5) is 21.5. The summed E-state index contributed by atoms with van der Waals surface area (Å²) >= 11 is 5.46. The SMILES string of the molecule is COC(=O)c1ccc(C=CCCl)c([N+](=O)[O-])c1. The molecule has 90 valence electrons. The van der Waals surface area contributed by atoms with Gasteiger partial charge in [-0.05, 0) is 12.1 Å². The molecule has 0 aliphatic heterocycles. The molecule has 17 heavy (non-hydrogen) atoms. The number of rotatable bonds is 4. The van der Waals surface area contributed by atoms with E-state index in [9.17, 15) is 14.9 Å². The Labute approximate surface area is 103 Å². The van der Waals surface area contributed by atoms with Gasteiger partial charge in [-0.3, -0.25) is 10.1 Å². The molecule has 0 radical (unpaired) electrons. The zero-order chi connectivity index (χ0) is 12.8. The highest BCUT2D eigenvalue weighted by Gasteiger charge is 2.16. The first-order valence-electron chi connectivity index (χ1n) is 4.69. The Morgan fingerprint density at radius 1 is 1.59 bits per heavy atom. The Hall–Kier alpha value is -1.88. The van der Waals surface area contributed by atoms with Crippen molar-refractivity contribution in [3.8, 4) is 0 Å². The third kappa shape index (κ3) is 3.29. The Balaban J connectivity index is 3.22. The molecule has 0 amide bonds. The van der Waals surface area contributed by atoms with Gasteiger partial charge in [-0.25, -0.2) is 4.79 Å². The fraction of sp³-hybridized carbons (Fsp3) is 0.182. The Kier molecular flexibility index (Phi) is 4.66. The van der Waals surface area contributed by atoms with Crippen molar-refractivity contribution < 1.29 is 14.5 Å². The third-order valence-electron chi connectivity index (χ3n) is 2.03. The smallest absolute Gasteiger partial charge is 0.338 e. The lowest BCUT2D eigenvalue weighted by molar-refractivity contribution is -0.385. The lowest BCUT2D eigenvalue weighted by Crippen LogP contribution is -2.02. The number of carbonyl (C=O) groups is 1. The van der Waals surface area contributed by atoms with E-state index in [2.05, 4.69) is 4.74 Å². The zero-order valence-corrected chi connectivity index (χ0v) is 9.81. The second kappa shape index (κ2) is 6.00. The highest BCUT2D eigenvalue weighted by Crippen LogP contribution is 2.22. The highest BCUT2D eigenvalue weighted by molar-refractivity contribution is 6.19. The van der Waals surface area contributed by atoms with E-state index in [1.165, 1.54) is 31.4 Å². The van der Waals surface area contributed by atoms with Gasteiger partial charge in [0, 0.05) is 11.9 Å². The first-order chi connectivity index (χ1) is 8.10. The average Bonchev–Trinajstić information content (AvgIpc) is 2.35. The molecule has 0 aromatic heterocycles. The largest absolute Gasteiger partial charge is 0.465 e. The molecule has 0 atom stereocenters. The highest BCUT2D eigenvalue weighted by atomic mass is 35.5. The van der Waals surface area contributed by atoms with Crippen molar-refractivity contribution in [3.63, 3.8) is 0 Å². The summed E-state index contributed by atoms with van der Waals surface area (Å²) in [5, 5.41) is 10.8. The van der Waals surface area contributed by atoms with Gasteiger partial charge >= 0.3 is 5.97 Å². The molecule has 0 saturated heterocycles. The standard InChI is InChI=1S/C11H10ClNO4/c1-17-11(14)9-5-4-8(3-2-6-12)10(7-9)13(15)16/h2-5,7H,6H2,1H3. The fourth-order valence-electron chi connectivity index (χ4n) is 1.26. The number of carbonyl (C=O) groups excluding carboxylic acids is 1. The van der Waals surface area contributed by atoms with Gasteiger partial charge < -0.3 is 4.74 Å². The number of alkyl halides is 1. The Morgan fingerprint density at radius 2 is 2.29 bits per heavy atom. The molecule has 1 rings (SSSR count). The summed E-state index contributed by atoms with van der Waals surface area (Å²) in [6.45, 7) is 0. The van der Waals surface area contributed by atoms with Gasteiger partial charge in [-0.1, -0.05) is 12.2 Å². The number of hydrogen-bond acceptors (Lipinski definition) is 4. The fourth-order valence-corrected chi connectivity index (χ4v) is 1.35. The molecule has 0 unspecified atom stereocenters. The number of allylic oxidation sites excluding steroid dienone is 1. The number of ether oxygens (including phenoxy) is 1. The van der Waals surface area contributed by atoms with Crippen LogP contribution in [0.15, 0.2) is 24.3 Å². The van der Waals surface area contributed by atoms with E-state index < -0.39 is 10.9 Å². The van der Waals surface area contributed by atoms with Crippen LogP contribution in [0.25, 0.3) is 6.08 Å². The van der Waals surface area contributed by atoms with Crippen LogP contribution in [0, 0.1) is 10.1 Å². The second-order valence-electron chi connectivity index (χ2n) is 3.08. The number of methoxy groups -OCH3 is 1. The van der Waals surface area contributed by atoms with Crippen molar-refractivity contribution in [1.82, 2.24) is 0 Å².